The van der Waals surface area contributed by atoms with E-state index in [2.05, 4.69) is 5.11 Å². The molecule has 15 heavy (non-hydrogen) atoms. The lowest BCUT2D eigenvalue weighted by Gasteiger charge is -2.06. The molecule has 0 bridgehead atoms. The van der Waals surface area contributed by atoms with Gasteiger partial charge in [-0.1, -0.05) is 36.4 Å². The van der Waals surface area contributed by atoms with Gasteiger partial charge in [0.1, 0.15) is 5.75 Å². The summed E-state index contributed by atoms with van der Waals surface area (Å²) in [4.78, 5) is 0. The van der Waals surface area contributed by atoms with Crippen LogP contribution in [0.4, 0.5) is 0 Å². The van der Waals surface area contributed by atoms with Gasteiger partial charge in [-0.2, -0.15) is 5.11 Å². The highest BCUT2D eigenvalue weighted by atomic mass is 16.3. The Hall–Kier alpha value is -1.90. The maximum absolute atomic E-state index is 9.97. The summed E-state index contributed by atoms with van der Waals surface area (Å²) in [6, 6.07) is 11.6. The molecule has 0 amide bonds. The summed E-state index contributed by atoms with van der Waals surface area (Å²) < 4.78 is 0. The molecule has 0 fully saturated rings. The maximum Gasteiger partial charge on any atom is 0.126 e. The van der Waals surface area contributed by atoms with E-state index in [1.54, 1.807) is 0 Å². The van der Waals surface area contributed by atoms with Gasteiger partial charge in [-0.3, -0.25) is 0 Å². The second-order valence-corrected chi connectivity index (χ2v) is 3.43. The topological polar surface area (TPSA) is 56.4 Å². The average Bonchev–Trinajstić information content (AvgIpc) is 2.29. The van der Waals surface area contributed by atoms with Crippen LogP contribution in [0.1, 0.15) is 5.56 Å². The summed E-state index contributed by atoms with van der Waals surface area (Å²) in [5.74, 6) is 0.316. The monoisotopic (exact) mass is 200 g/mol. The Morgan fingerprint density at radius 1 is 1.13 bits per heavy atom. The predicted octanol–water partition coefficient (Wildman–Crippen LogP) is 3.12. The minimum absolute atomic E-state index is 0.316. The third kappa shape index (κ3) is 1.81. The molecule has 0 spiro atoms. The van der Waals surface area contributed by atoms with Gasteiger partial charge in [-0.15, -0.1) is 0 Å². The first kappa shape index (κ1) is 9.65. The highest BCUT2D eigenvalue weighted by molar-refractivity contribution is 5.89. The van der Waals surface area contributed by atoms with Gasteiger partial charge in [0.2, 0.25) is 0 Å². The van der Waals surface area contributed by atoms with Crippen LogP contribution < -0.4 is 0 Å². The Kier molecular flexibility index (Phi) is 2.63. The van der Waals surface area contributed by atoms with Crippen molar-refractivity contribution < 1.29 is 5.11 Å². The van der Waals surface area contributed by atoms with E-state index < -0.39 is 0 Å². The summed E-state index contributed by atoms with van der Waals surface area (Å²) >= 11 is 0. The number of hydrogen-bond donors (Lipinski definition) is 2. The molecule has 0 unspecified atom stereocenters. The number of nitrogens with one attached hydrogen (secondary N) is 1. The maximum atomic E-state index is 9.97. The first-order chi connectivity index (χ1) is 7.33. The molecule has 0 radical (unpaired) electrons. The largest absolute Gasteiger partial charge is 0.507 e. The molecule has 0 saturated carbocycles. The Labute approximate surface area is 87.9 Å². The molecule has 2 N–H and O–H groups in total. The van der Waals surface area contributed by atoms with E-state index in [1.165, 1.54) is 0 Å². The Balaban J connectivity index is 2.50. The van der Waals surface area contributed by atoms with E-state index in [-0.39, 0.29) is 0 Å². The van der Waals surface area contributed by atoms with Crippen molar-refractivity contribution in [1.29, 1.82) is 5.53 Å². The van der Waals surface area contributed by atoms with Crippen molar-refractivity contribution in [1.82, 2.24) is 0 Å². The van der Waals surface area contributed by atoms with Gasteiger partial charge in [-0.25, -0.2) is 5.53 Å². The fourth-order valence-corrected chi connectivity index (χ4v) is 1.68. The fourth-order valence-electron chi connectivity index (χ4n) is 1.68. The highest BCUT2D eigenvalue weighted by Gasteiger charge is 2.04. The van der Waals surface area contributed by atoms with Crippen LogP contribution in [-0.4, -0.2) is 11.7 Å². The molecule has 0 aliphatic rings. The summed E-state index contributed by atoms with van der Waals surface area (Å²) in [6.45, 7) is 0.423. The fraction of sp³-hybridized carbons (Fsp3) is 0.167. The SMILES string of the molecule is N=NCCc1ccc2ccccc2c1O. The number of rotatable bonds is 3. The number of fused-ring (bicyclic) bond motifs is 1. The van der Waals surface area contributed by atoms with Crippen LogP contribution in [0, 0.1) is 5.53 Å². The van der Waals surface area contributed by atoms with E-state index in [4.69, 9.17) is 5.53 Å². The first-order valence-electron chi connectivity index (χ1n) is 4.86. The van der Waals surface area contributed by atoms with Gasteiger partial charge >= 0.3 is 0 Å². The van der Waals surface area contributed by atoms with E-state index >= 15 is 0 Å². The van der Waals surface area contributed by atoms with Crippen molar-refractivity contribution in [3.63, 3.8) is 0 Å². The summed E-state index contributed by atoms with van der Waals surface area (Å²) in [5.41, 5.74) is 7.58. The zero-order valence-electron chi connectivity index (χ0n) is 8.27. The molecular weight excluding hydrogens is 188 g/mol. The molecule has 0 saturated heterocycles. The van der Waals surface area contributed by atoms with Crippen LogP contribution in [0.15, 0.2) is 41.5 Å². The molecule has 0 heterocycles. The zero-order valence-corrected chi connectivity index (χ0v) is 8.27. The first-order valence-corrected chi connectivity index (χ1v) is 4.86. The van der Waals surface area contributed by atoms with Crippen LogP contribution in [0.2, 0.25) is 0 Å². The number of benzene rings is 2. The van der Waals surface area contributed by atoms with Gasteiger partial charge in [0, 0.05) is 5.39 Å². The normalized spacial score (nSPS) is 10.4. The molecule has 2 rings (SSSR count). The quantitative estimate of drug-likeness (QED) is 0.735. The molecule has 0 aliphatic heterocycles. The molecule has 2 aromatic rings. The van der Waals surface area contributed by atoms with Crippen molar-refractivity contribution in [3.05, 3.63) is 42.0 Å². The predicted molar refractivity (Wildman–Crippen MR) is 59.3 cm³/mol. The molecule has 0 atom stereocenters. The minimum atomic E-state index is 0.316. The van der Waals surface area contributed by atoms with Crippen molar-refractivity contribution in [3.8, 4) is 5.75 Å². The Morgan fingerprint density at radius 2 is 1.93 bits per heavy atom. The number of phenols is 1. The zero-order chi connectivity index (χ0) is 10.7. The van der Waals surface area contributed by atoms with Crippen LogP contribution in [0.25, 0.3) is 10.8 Å². The Morgan fingerprint density at radius 3 is 2.73 bits per heavy atom. The Bertz CT molecular complexity index is 494. The molecule has 3 nitrogen and oxygen atoms in total. The lowest BCUT2D eigenvalue weighted by atomic mass is 10.0. The third-order valence-corrected chi connectivity index (χ3v) is 2.48. The molecule has 3 heteroatoms. The minimum Gasteiger partial charge on any atom is -0.507 e. The summed E-state index contributed by atoms with van der Waals surface area (Å²) in [6.07, 6.45) is 0.611. The smallest absolute Gasteiger partial charge is 0.126 e. The lowest BCUT2D eigenvalue weighted by Crippen LogP contribution is -1.90. The van der Waals surface area contributed by atoms with Crippen molar-refractivity contribution in [2.24, 2.45) is 5.11 Å². The van der Waals surface area contributed by atoms with E-state index in [9.17, 15) is 5.11 Å². The van der Waals surface area contributed by atoms with Crippen LogP contribution in [-0.2, 0) is 6.42 Å². The van der Waals surface area contributed by atoms with Crippen LogP contribution in [0.3, 0.4) is 0 Å². The second kappa shape index (κ2) is 4.09. The molecule has 0 aromatic heterocycles. The van der Waals surface area contributed by atoms with E-state index in [0.29, 0.717) is 18.7 Å². The van der Waals surface area contributed by atoms with E-state index in [0.717, 1.165) is 16.3 Å². The summed E-state index contributed by atoms with van der Waals surface area (Å²) in [5, 5.41) is 15.2. The van der Waals surface area contributed by atoms with E-state index in [1.807, 2.05) is 36.4 Å². The van der Waals surface area contributed by atoms with Crippen molar-refractivity contribution in [2.75, 3.05) is 6.54 Å². The average molecular weight is 200 g/mol. The third-order valence-electron chi connectivity index (χ3n) is 2.48. The van der Waals surface area contributed by atoms with Crippen molar-refractivity contribution in [2.45, 2.75) is 6.42 Å². The molecule has 76 valence electrons. The standard InChI is InChI=1S/C12H12N2O/c13-14-8-7-10-6-5-9-3-1-2-4-11(9)12(10)15/h1-6,13,15H,7-8H2. The molecule has 0 aliphatic carbocycles. The van der Waals surface area contributed by atoms with Crippen molar-refractivity contribution >= 4 is 10.8 Å². The lowest BCUT2D eigenvalue weighted by molar-refractivity contribution is 0.474. The highest BCUT2D eigenvalue weighted by Crippen LogP contribution is 2.28. The van der Waals surface area contributed by atoms with Crippen LogP contribution >= 0.6 is 0 Å². The second-order valence-electron chi connectivity index (χ2n) is 3.43. The number of aromatic hydroxyl groups is 1. The molecule has 2 aromatic carbocycles. The van der Waals surface area contributed by atoms with Gasteiger partial charge < -0.3 is 5.11 Å². The van der Waals surface area contributed by atoms with Gasteiger partial charge in [0.25, 0.3) is 0 Å². The molecular formula is C12H12N2O. The van der Waals surface area contributed by atoms with Gasteiger partial charge in [0.15, 0.2) is 0 Å². The number of phenolic OH excluding ortho intramolecular Hbond substituents is 1. The van der Waals surface area contributed by atoms with Gasteiger partial charge in [-0.05, 0) is 17.4 Å². The summed E-state index contributed by atoms with van der Waals surface area (Å²) in [7, 11) is 0. The van der Waals surface area contributed by atoms with Gasteiger partial charge in [0.05, 0.1) is 6.54 Å². The van der Waals surface area contributed by atoms with Crippen LogP contribution in [0.5, 0.6) is 5.75 Å². The number of hydrogen-bond acceptors (Lipinski definition) is 3. The number of nitrogens with zero attached hydrogens (tertiary/aromatic N) is 1.